The number of benzene rings is 2. The SMILES string of the molecule is CC(CCCN1CCOCC1)(c1ccc(O)cc1)c1ccc(O)cc1. The molecule has 134 valence electrons. The molecule has 25 heavy (non-hydrogen) atoms. The molecule has 4 heteroatoms. The Hall–Kier alpha value is -2.04. The van der Waals surface area contributed by atoms with Crippen LogP contribution >= 0.6 is 0 Å². The van der Waals surface area contributed by atoms with Crippen molar-refractivity contribution in [1.82, 2.24) is 4.90 Å². The van der Waals surface area contributed by atoms with Gasteiger partial charge < -0.3 is 14.9 Å². The van der Waals surface area contributed by atoms with Gasteiger partial charge in [0.05, 0.1) is 13.2 Å². The molecule has 0 saturated carbocycles. The van der Waals surface area contributed by atoms with Crippen molar-refractivity contribution in [2.24, 2.45) is 0 Å². The predicted octanol–water partition coefficient (Wildman–Crippen LogP) is 3.52. The number of morpholine rings is 1. The van der Waals surface area contributed by atoms with Gasteiger partial charge in [0.15, 0.2) is 0 Å². The summed E-state index contributed by atoms with van der Waals surface area (Å²) in [6, 6.07) is 15.0. The molecule has 2 aromatic carbocycles. The number of hydrogen-bond donors (Lipinski definition) is 2. The van der Waals surface area contributed by atoms with Gasteiger partial charge in [0.2, 0.25) is 0 Å². The van der Waals surface area contributed by atoms with E-state index in [2.05, 4.69) is 11.8 Å². The Kier molecular flexibility index (Phi) is 5.61. The Morgan fingerprint density at radius 3 is 1.84 bits per heavy atom. The van der Waals surface area contributed by atoms with Crippen LogP contribution in [-0.2, 0) is 10.2 Å². The Labute approximate surface area is 149 Å². The molecule has 1 heterocycles. The monoisotopic (exact) mass is 341 g/mol. The molecule has 0 bridgehead atoms. The number of ether oxygens (including phenoxy) is 1. The van der Waals surface area contributed by atoms with Crippen molar-refractivity contribution >= 4 is 0 Å². The average Bonchev–Trinajstić information content (AvgIpc) is 2.63. The van der Waals surface area contributed by atoms with Gasteiger partial charge in [-0.3, -0.25) is 4.90 Å². The second kappa shape index (κ2) is 7.89. The minimum Gasteiger partial charge on any atom is -0.508 e. The van der Waals surface area contributed by atoms with Crippen LogP contribution in [0.1, 0.15) is 30.9 Å². The van der Waals surface area contributed by atoms with Crippen LogP contribution in [0.25, 0.3) is 0 Å². The number of nitrogens with zero attached hydrogens (tertiary/aromatic N) is 1. The van der Waals surface area contributed by atoms with E-state index < -0.39 is 0 Å². The Morgan fingerprint density at radius 1 is 0.880 bits per heavy atom. The van der Waals surface area contributed by atoms with Gasteiger partial charge in [-0.15, -0.1) is 0 Å². The van der Waals surface area contributed by atoms with E-state index in [1.807, 2.05) is 24.3 Å². The van der Waals surface area contributed by atoms with E-state index in [9.17, 15) is 10.2 Å². The molecule has 1 fully saturated rings. The minimum absolute atomic E-state index is 0.159. The zero-order valence-corrected chi connectivity index (χ0v) is 14.8. The Balaban J connectivity index is 1.78. The van der Waals surface area contributed by atoms with Gasteiger partial charge in [0, 0.05) is 18.5 Å². The molecule has 2 aromatic rings. The Morgan fingerprint density at radius 2 is 1.36 bits per heavy atom. The third kappa shape index (κ3) is 4.33. The maximum absolute atomic E-state index is 9.62. The molecule has 0 atom stereocenters. The lowest BCUT2D eigenvalue weighted by molar-refractivity contribution is 0.0367. The molecule has 1 aliphatic rings. The van der Waals surface area contributed by atoms with E-state index in [0.717, 1.165) is 45.7 Å². The minimum atomic E-state index is -0.159. The largest absolute Gasteiger partial charge is 0.508 e. The molecular formula is C21H27NO3. The van der Waals surface area contributed by atoms with E-state index in [-0.39, 0.29) is 16.9 Å². The van der Waals surface area contributed by atoms with Crippen LogP contribution in [0.2, 0.25) is 0 Å². The third-order valence-electron chi connectivity index (χ3n) is 5.26. The van der Waals surface area contributed by atoms with Gasteiger partial charge in [0.1, 0.15) is 11.5 Å². The van der Waals surface area contributed by atoms with Crippen LogP contribution in [0.5, 0.6) is 11.5 Å². The summed E-state index contributed by atoms with van der Waals surface area (Å²) in [5.74, 6) is 0.565. The summed E-state index contributed by atoms with van der Waals surface area (Å²) in [4.78, 5) is 2.46. The molecule has 4 nitrogen and oxygen atoms in total. The third-order valence-corrected chi connectivity index (χ3v) is 5.26. The normalized spacial score (nSPS) is 16.0. The van der Waals surface area contributed by atoms with Gasteiger partial charge in [0.25, 0.3) is 0 Å². The topological polar surface area (TPSA) is 52.9 Å². The molecule has 3 rings (SSSR count). The van der Waals surface area contributed by atoms with Gasteiger partial charge in [-0.1, -0.05) is 31.2 Å². The molecule has 0 unspecified atom stereocenters. The number of phenolic OH excluding ortho intramolecular Hbond substituents is 2. The average molecular weight is 341 g/mol. The summed E-state index contributed by atoms with van der Waals surface area (Å²) < 4.78 is 5.42. The standard InChI is InChI=1S/C21H27NO3/c1-21(17-3-7-19(23)8-4-17,18-5-9-20(24)10-6-18)11-2-12-22-13-15-25-16-14-22/h3-10,23-24H,2,11-16H2,1H3. The fraction of sp³-hybridized carbons (Fsp3) is 0.429. The number of hydrogen-bond acceptors (Lipinski definition) is 4. The van der Waals surface area contributed by atoms with Gasteiger partial charge >= 0.3 is 0 Å². The van der Waals surface area contributed by atoms with Gasteiger partial charge in [-0.2, -0.15) is 0 Å². The fourth-order valence-corrected chi connectivity index (χ4v) is 3.59. The number of aromatic hydroxyl groups is 2. The van der Waals surface area contributed by atoms with Crippen molar-refractivity contribution in [1.29, 1.82) is 0 Å². The molecule has 1 saturated heterocycles. The van der Waals surface area contributed by atoms with Crippen LogP contribution in [0.4, 0.5) is 0 Å². The molecule has 1 aliphatic heterocycles. The van der Waals surface area contributed by atoms with Crippen LogP contribution in [-0.4, -0.2) is 48.0 Å². The Bertz CT molecular complexity index is 615. The van der Waals surface area contributed by atoms with E-state index >= 15 is 0 Å². The zero-order chi connectivity index (χ0) is 17.7. The quantitative estimate of drug-likeness (QED) is 0.844. The summed E-state index contributed by atoms with van der Waals surface area (Å²) >= 11 is 0. The first-order chi connectivity index (χ1) is 12.1. The van der Waals surface area contributed by atoms with E-state index in [0.29, 0.717) is 0 Å². The zero-order valence-electron chi connectivity index (χ0n) is 14.8. The molecule has 2 N–H and O–H groups in total. The van der Waals surface area contributed by atoms with Crippen molar-refractivity contribution < 1.29 is 14.9 Å². The molecule has 0 aromatic heterocycles. The van der Waals surface area contributed by atoms with Crippen molar-refractivity contribution in [2.75, 3.05) is 32.8 Å². The number of rotatable bonds is 6. The van der Waals surface area contributed by atoms with Crippen molar-refractivity contribution in [3.63, 3.8) is 0 Å². The first-order valence-corrected chi connectivity index (χ1v) is 8.97. The fourth-order valence-electron chi connectivity index (χ4n) is 3.59. The lowest BCUT2D eigenvalue weighted by Gasteiger charge is -2.33. The summed E-state index contributed by atoms with van der Waals surface area (Å²) in [6.45, 7) is 6.98. The molecular weight excluding hydrogens is 314 g/mol. The lowest BCUT2D eigenvalue weighted by atomic mass is 9.73. The highest BCUT2D eigenvalue weighted by Gasteiger charge is 2.29. The van der Waals surface area contributed by atoms with Crippen molar-refractivity contribution in [2.45, 2.75) is 25.2 Å². The van der Waals surface area contributed by atoms with E-state index in [4.69, 9.17) is 4.74 Å². The predicted molar refractivity (Wildman–Crippen MR) is 99.2 cm³/mol. The van der Waals surface area contributed by atoms with Gasteiger partial charge in [-0.25, -0.2) is 0 Å². The van der Waals surface area contributed by atoms with Crippen molar-refractivity contribution in [3.05, 3.63) is 59.7 Å². The van der Waals surface area contributed by atoms with Crippen LogP contribution < -0.4 is 0 Å². The summed E-state index contributed by atoms with van der Waals surface area (Å²) in [5.41, 5.74) is 2.20. The highest BCUT2D eigenvalue weighted by molar-refractivity contribution is 5.42. The molecule has 0 radical (unpaired) electrons. The summed E-state index contributed by atoms with van der Waals surface area (Å²) in [5, 5.41) is 19.2. The van der Waals surface area contributed by atoms with Crippen LogP contribution in [0.15, 0.2) is 48.5 Å². The second-order valence-electron chi connectivity index (χ2n) is 6.98. The van der Waals surface area contributed by atoms with E-state index in [1.54, 1.807) is 24.3 Å². The molecule has 0 spiro atoms. The lowest BCUT2D eigenvalue weighted by Crippen LogP contribution is -2.37. The summed E-state index contributed by atoms with van der Waals surface area (Å²) in [7, 11) is 0. The number of phenols is 2. The highest BCUT2D eigenvalue weighted by atomic mass is 16.5. The highest BCUT2D eigenvalue weighted by Crippen LogP contribution is 2.37. The van der Waals surface area contributed by atoms with Crippen molar-refractivity contribution in [3.8, 4) is 11.5 Å². The second-order valence-corrected chi connectivity index (χ2v) is 6.98. The maximum Gasteiger partial charge on any atom is 0.115 e. The van der Waals surface area contributed by atoms with Crippen LogP contribution in [0.3, 0.4) is 0 Å². The van der Waals surface area contributed by atoms with E-state index in [1.165, 1.54) is 11.1 Å². The molecule has 0 aliphatic carbocycles. The van der Waals surface area contributed by atoms with Gasteiger partial charge in [-0.05, 0) is 54.8 Å². The van der Waals surface area contributed by atoms with Crippen LogP contribution in [0, 0.1) is 0 Å². The maximum atomic E-state index is 9.62. The molecule has 0 amide bonds. The first kappa shape index (κ1) is 17.8. The summed E-state index contributed by atoms with van der Waals surface area (Å²) in [6.07, 6.45) is 2.08. The first-order valence-electron chi connectivity index (χ1n) is 8.97. The smallest absolute Gasteiger partial charge is 0.115 e.